The van der Waals surface area contributed by atoms with Crippen molar-refractivity contribution in [3.63, 3.8) is 0 Å². The van der Waals surface area contributed by atoms with Gasteiger partial charge in [0.25, 0.3) is 0 Å². The zero-order valence-electron chi connectivity index (χ0n) is 8.98. The van der Waals surface area contributed by atoms with Gasteiger partial charge < -0.3 is 16.4 Å². The zero-order chi connectivity index (χ0) is 10.8. The van der Waals surface area contributed by atoms with Crippen LogP contribution in [-0.2, 0) is 0 Å². The molecule has 1 aliphatic rings. The van der Waals surface area contributed by atoms with Gasteiger partial charge in [0.1, 0.15) is 0 Å². The largest absolute Gasteiger partial charge is 0.396 e. The average molecular weight is 207 g/mol. The summed E-state index contributed by atoms with van der Waals surface area (Å²) in [6.07, 6.45) is 1.13. The Labute approximate surface area is 89.5 Å². The number of nitrogens with two attached hydrogens (primary N) is 2. The molecule has 0 amide bonds. The number of nitrogen functional groups attached to an aromatic ring is 2. The second-order valence-electron chi connectivity index (χ2n) is 3.99. The first-order valence-corrected chi connectivity index (χ1v) is 5.31. The SMILES string of the molecule is CCN1CCC(c2cc(N)c(N)nn2)C1. The molecule has 2 rings (SSSR count). The molecule has 1 aromatic rings. The summed E-state index contributed by atoms with van der Waals surface area (Å²) < 4.78 is 0. The number of likely N-dealkylation sites (tertiary alicyclic amines) is 1. The summed E-state index contributed by atoms with van der Waals surface area (Å²) in [6, 6.07) is 1.85. The molecule has 1 unspecified atom stereocenters. The fourth-order valence-corrected chi connectivity index (χ4v) is 1.99. The Kier molecular flexibility index (Phi) is 2.73. The van der Waals surface area contributed by atoms with E-state index in [1.54, 1.807) is 0 Å². The highest BCUT2D eigenvalue weighted by molar-refractivity contribution is 5.57. The second-order valence-corrected chi connectivity index (χ2v) is 3.99. The van der Waals surface area contributed by atoms with Crippen LogP contribution in [0.2, 0.25) is 0 Å². The summed E-state index contributed by atoms with van der Waals surface area (Å²) in [5, 5.41) is 7.97. The minimum Gasteiger partial charge on any atom is -0.396 e. The number of hydrogen-bond acceptors (Lipinski definition) is 5. The van der Waals surface area contributed by atoms with Gasteiger partial charge >= 0.3 is 0 Å². The van der Waals surface area contributed by atoms with Crippen LogP contribution in [-0.4, -0.2) is 34.7 Å². The van der Waals surface area contributed by atoms with Crippen molar-refractivity contribution in [1.29, 1.82) is 0 Å². The molecule has 1 saturated heterocycles. The van der Waals surface area contributed by atoms with Crippen LogP contribution in [0.25, 0.3) is 0 Å². The predicted molar refractivity (Wildman–Crippen MR) is 60.3 cm³/mol. The Morgan fingerprint density at radius 3 is 2.87 bits per heavy atom. The summed E-state index contributed by atoms with van der Waals surface area (Å²) >= 11 is 0. The van der Waals surface area contributed by atoms with Crippen molar-refractivity contribution in [3.05, 3.63) is 11.8 Å². The molecule has 0 aromatic carbocycles. The van der Waals surface area contributed by atoms with E-state index in [1.807, 2.05) is 6.07 Å². The van der Waals surface area contributed by atoms with Gasteiger partial charge in [-0.3, -0.25) is 0 Å². The summed E-state index contributed by atoms with van der Waals surface area (Å²) in [5.41, 5.74) is 12.8. The molecule has 0 radical (unpaired) electrons. The van der Waals surface area contributed by atoms with Crippen LogP contribution in [0.15, 0.2) is 6.07 Å². The van der Waals surface area contributed by atoms with E-state index in [4.69, 9.17) is 11.5 Å². The van der Waals surface area contributed by atoms with E-state index in [-0.39, 0.29) is 0 Å². The number of hydrogen-bond donors (Lipinski definition) is 2. The lowest BCUT2D eigenvalue weighted by Crippen LogP contribution is -2.19. The average Bonchev–Trinajstić information content (AvgIpc) is 2.70. The molecule has 1 aromatic heterocycles. The zero-order valence-corrected chi connectivity index (χ0v) is 8.98. The van der Waals surface area contributed by atoms with Crippen molar-refractivity contribution in [2.24, 2.45) is 0 Å². The molecule has 82 valence electrons. The molecule has 0 bridgehead atoms. The first-order chi connectivity index (χ1) is 7.20. The molecular weight excluding hydrogens is 190 g/mol. The Bertz CT molecular complexity index is 352. The Morgan fingerprint density at radius 1 is 1.47 bits per heavy atom. The molecule has 0 aliphatic carbocycles. The third-order valence-electron chi connectivity index (χ3n) is 3.01. The van der Waals surface area contributed by atoms with Crippen LogP contribution in [0.1, 0.15) is 25.0 Å². The highest BCUT2D eigenvalue weighted by Crippen LogP contribution is 2.26. The maximum absolute atomic E-state index is 5.71. The molecule has 0 saturated carbocycles. The molecule has 1 fully saturated rings. The van der Waals surface area contributed by atoms with Crippen molar-refractivity contribution >= 4 is 11.5 Å². The number of likely N-dealkylation sites (N-methyl/N-ethyl adjacent to an activating group) is 1. The fourth-order valence-electron chi connectivity index (χ4n) is 1.99. The molecule has 2 heterocycles. The Hall–Kier alpha value is -1.36. The van der Waals surface area contributed by atoms with Crippen LogP contribution >= 0.6 is 0 Å². The van der Waals surface area contributed by atoms with Gasteiger partial charge in [0.05, 0.1) is 11.4 Å². The van der Waals surface area contributed by atoms with Gasteiger partial charge in [-0.25, -0.2) is 0 Å². The van der Waals surface area contributed by atoms with E-state index in [1.165, 1.54) is 0 Å². The van der Waals surface area contributed by atoms with Gasteiger partial charge in [-0.05, 0) is 25.6 Å². The molecule has 5 nitrogen and oxygen atoms in total. The number of anilines is 2. The fraction of sp³-hybridized carbons (Fsp3) is 0.600. The van der Waals surface area contributed by atoms with E-state index < -0.39 is 0 Å². The standard InChI is InChI=1S/C10H17N5/c1-2-15-4-3-7(6-15)9-5-8(11)10(12)14-13-9/h5,7H,2-4,6H2,1H3,(H2,11,13)(H2,12,14). The van der Waals surface area contributed by atoms with Gasteiger partial charge in [-0.1, -0.05) is 6.92 Å². The first kappa shape index (κ1) is 10.2. The third kappa shape index (κ3) is 2.02. The van der Waals surface area contributed by atoms with Crippen LogP contribution in [0, 0.1) is 0 Å². The molecule has 0 spiro atoms. The van der Waals surface area contributed by atoms with E-state index >= 15 is 0 Å². The van der Waals surface area contributed by atoms with E-state index in [0.29, 0.717) is 17.4 Å². The molecule has 1 atom stereocenters. The summed E-state index contributed by atoms with van der Waals surface area (Å²) in [7, 11) is 0. The molecule has 5 heteroatoms. The maximum Gasteiger partial charge on any atom is 0.169 e. The van der Waals surface area contributed by atoms with Crippen molar-refractivity contribution in [2.75, 3.05) is 31.1 Å². The first-order valence-electron chi connectivity index (χ1n) is 5.31. The Morgan fingerprint density at radius 2 is 2.27 bits per heavy atom. The number of aromatic nitrogens is 2. The minimum atomic E-state index is 0.323. The van der Waals surface area contributed by atoms with E-state index in [0.717, 1.165) is 31.7 Å². The van der Waals surface area contributed by atoms with Gasteiger partial charge in [0, 0.05) is 12.5 Å². The molecule has 4 N–H and O–H groups in total. The molecular formula is C10H17N5. The van der Waals surface area contributed by atoms with Crippen LogP contribution in [0.4, 0.5) is 11.5 Å². The summed E-state index contributed by atoms with van der Waals surface area (Å²) in [4.78, 5) is 2.40. The van der Waals surface area contributed by atoms with Crippen molar-refractivity contribution in [1.82, 2.24) is 15.1 Å². The highest BCUT2D eigenvalue weighted by atomic mass is 15.2. The van der Waals surface area contributed by atoms with Crippen molar-refractivity contribution in [3.8, 4) is 0 Å². The van der Waals surface area contributed by atoms with E-state index in [9.17, 15) is 0 Å². The summed E-state index contributed by atoms with van der Waals surface area (Å²) in [6.45, 7) is 5.45. The van der Waals surface area contributed by atoms with Gasteiger partial charge in [-0.15, -0.1) is 5.10 Å². The smallest absolute Gasteiger partial charge is 0.169 e. The lowest BCUT2D eigenvalue weighted by molar-refractivity contribution is 0.353. The second kappa shape index (κ2) is 4.02. The van der Waals surface area contributed by atoms with Crippen molar-refractivity contribution in [2.45, 2.75) is 19.3 Å². The summed E-state index contributed by atoms with van der Waals surface area (Å²) in [5.74, 6) is 0.782. The van der Waals surface area contributed by atoms with Gasteiger partial charge in [-0.2, -0.15) is 5.10 Å². The minimum absolute atomic E-state index is 0.323. The van der Waals surface area contributed by atoms with Gasteiger partial charge in [0.15, 0.2) is 5.82 Å². The molecule has 1 aliphatic heterocycles. The van der Waals surface area contributed by atoms with Gasteiger partial charge in [0.2, 0.25) is 0 Å². The quantitative estimate of drug-likeness (QED) is 0.736. The normalized spacial score (nSPS) is 22.1. The predicted octanol–water partition coefficient (Wildman–Crippen LogP) is 0.450. The lowest BCUT2D eigenvalue weighted by Gasteiger charge is -2.12. The maximum atomic E-state index is 5.71. The molecule has 15 heavy (non-hydrogen) atoms. The third-order valence-corrected chi connectivity index (χ3v) is 3.01. The number of rotatable bonds is 2. The van der Waals surface area contributed by atoms with E-state index in [2.05, 4.69) is 22.0 Å². The number of nitrogens with zero attached hydrogens (tertiary/aromatic N) is 3. The van der Waals surface area contributed by atoms with Crippen LogP contribution in [0.3, 0.4) is 0 Å². The monoisotopic (exact) mass is 207 g/mol. The highest BCUT2D eigenvalue weighted by Gasteiger charge is 2.24. The Balaban J connectivity index is 2.13. The van der Waals surface area contributed by atoms with Crippen LogP contribution in [0.5, 0.6) is 0 Å². The van der Waals surface area contributed by atoms with Crippen molar-refractivity contribution < 1.29 is 0 Å². The topological polar surface area (TPSA) is 81.1 Å². The van der Waals surface area contributed by atoms with Crippen LogP contribution < -0.4 is 11.5 Å². The lowest BCUT2D eigenvalue weighted by atomic mass is 10.0.